The van der Waals surface area contributed by atoms with Crippen LogP contribution in [0.25, 0.3) is 0 Å². The fourth-order valence-electron chi connectivity index (χ4n) is 5.58. The van der Waals surface area contributed by atoms with Gasteiger partial charge in [0.2, 0.25) is 0 Å². The van der Waals surface area contributed by atoms with Crippen molar-refractivity contribution in [3.05, 3.63) is 23.8 Å². The molecule has 1 aliphatic carbocycles. The maximum atomic E-state index is 11.4. The standard InChI is InChI=1S/C31H52O6/c1-3-4-7-15-26(36-30-17-10-12-23-34-30)20-21-27-25(14-8-5-6-9-16-29(32)33-2)19-22-28(27)37-31-18-11-13-24-35-31/h19-21,26-28,30-31H,3-18,22-24H2,1-2H3/t26-,27+,28+,30?,31?/m0/s1. The van der Waals surface area contributed by atoms with Crippen LogP contribution in [0.1, 0.15) is 116 Å². The van der Waals surface area contributed by atoms with Gasteiger partial charge in [0.05, 0.1) is 19.3 Å². The van der Waals surface area contributed by atoms with Gasteiger partial charge in [-0.1, -0.05) is 62.8 Å². The van der Waals surface area contributed by atoms with Gasteiger partial charge < -0.3 is 23.7 Å². The molecule has 0 spiro atoms. The van der Waals surface area contributed by atoms with Gasteiger partial charge in [0.15, 0.2) is 12.6 Å². The van der Waals surface area contributed by atoms with Gasteiger partial charge in [-0.3, -0.25) is 4.79 Å². The van der Waals surface area contributed by atoms with Gasteiger partial charge >= 0.3 is 5.97 Å². The summed E-state index contributed by atoms with van der Waals surface area (Å²) in [6.07, 6.45) is 25.2. The topological polar surface area (TPSA) is 63.2 Å². The van der Waals surface area contributed by atoms with Crippen molar-refractivity contribution in [1.82, 2.24) is 0 Å². The Labute approximate surface area is 225 Å². The van der Waals surface area contributed by atoms with Crippen LogP contribution in [0.2, 0.25) is 0 Å². The zero-order chi connectivity index (χ0) is 26.1. The first kappa shape index (κ1) is 30.3. The molecule has 2 aliphatic heterocycles. The van der Waals surface area contributed by atoms with Crippen molar-refractivity contribution in [3.8, 4) is 0 Å². The lowest BCUT2D eigenvalue weighted by atomic mass is 9.93. The van der Waals surface area contributed by atoms with Gasteiger partial charge in [-0.05, 0) is 70.6 Å². The lowest BCUT2D eigenvalue weighted by Gasteiger charge is -2.30. The Morgan fingerprint density at radius 2 is 1.76 bits per heavy atom. The van der Waals surface area contributed by atoms with Crippen molar-refractivity contribution < 1.29 is 28.5 Å². The molecule has 0 aromatic heterocycles. The lowest BCUT2D eigenvalue weighted by Crippen LogP contribution is -2.31. The summed E-state index contributed by atoms with van der Waals surface area (Å²) in [5.74, 6) is 0.160. The van der Waals surface area contributed by atoms with Crippen molar-refractivity contribution in [2.24, 2.45) is 5.92 Å². The number of unbranched alkanes of at least 4 members (excludes halogenated alkanes) is 5. The van der Waals surface area contributed by atoms with E-state index in [1.807, 2.05) is 0 Å². The highest BCUT2D eigenvalue weighted by Gasteiger charge is 2.31. The molecular formula is C31H52O6. The molecule has 5 atom stereocenters. The summed E-state index contributed by atoms with van der Waals surface area (Å²) in [5, 5.41) is 0. The summed E-state index contributed by atoms with van der Waals surface area (Å²) >= 11 is 0. The van der Waals surface area contributed by atoms with Gasteiger partial charge in [-0.25, -0.2) is 0 Å². The van der Waals surface area contributed by atoms with Gasteiger partial charge in [0, 0.05) is 25.6 Å². The van der Waals surface area contributed by atoms with Crippen LogP contribution in [0, 0.1) is 5.92 Å². The summed E-state index contributed by atoms with van der Waals surface area (Å²) in [6, 6.07) is 0. The zero-order valence-corrected chi connectivity index (χ0v) is 23.5. The predicted octanol–water partition coefficient (Wildman–Crippen LogP) is 7.41. The molecule has 212 valence electrons. The average Bonchev–Trinajstić information content (AvgIpc) is 3.31. The summed E-state index contributed by atoms with van der Waals surface area (Å²) in [7, 11) is 1.46. The van der Waals surface area contributed by atoms with Crippen LogP contribution in [-0.4, -0.2) is 51.1 Å². The van der Waals surface area contributed by atoms with Crippen molar-refractivity contribution in [3.63, 3.8) is 0 Å². The van der Waals surface area contributed by atoms with E-state index in [9.17, 15) is 4.79 Å². The van der Waals surface area contributed by atoms with Crippen LogP contribution in [-0.2, 0) is 28.5 Å². The molecule has 2 heterocycles. The molecule has 37 heavy (non-hydrogen) atoms. The molecule has 0 aromatic carbocycles. The molecule has 0 amide bonds. The van der Waals surface area contributed by atoms with Crippen molar-refractivity contribution in [1.29, 1.82) is 0 Å². The number of ether oxygens (including phenoxy) is 5. The second-order valence-electron chi connectivity index (χ2n) is 10.9. The third-order valence-electron chi connectivity index (χ3n) is 7.82. The fraction of sp³-hybridized carbons (Fsp3) is 0.839. The Hall–Kier alpha value is -1.21. The average molecular weight is 521 g/mol. The number of esters is 1. The Bertz CT molecular complexity index is 677. The molecule has 6 nitrogen and oxygen atoms in total. The summed E-state index contributed by atoms with van der Waals surface area (Å²) in [5.41, 5.74) is 1.48. The van der Waals surface area contributed by atoms with E-state index in [2.05, 4.69) is 25.2 Å². The van der Waals surface area contributed by atoms with E-state index < -0.39 is 0 Å². The van der Waals surface area contributed by atoms with Crippen molar-refractivity contribution >= 4 is 5.97 Å². The van der Waals surface area contributed by atoms with Crippen molar-refractivity contribution in [2.75, 3.05) is 20.3 Å². The van der Waals surface area contributed by atoms with E-state index in [0.29, 0.717) is 6.42 Å². The molecule has 3 aliphatic rings. The first-order valence-electron chi connectivity index (χ1n) is 15.2. The van der Waals surface area contributed by atoms with Crippen LogP contribution >= 0.6 is 0 Å². The number of carbonyl (C=O) groups is 1. The maximum Gasteiger partial charge on any atom is 0.305 e. The lowest BCUT2D eigenvalue weighted by molar-refractivity contribution is -0.190. The van der Waals surface area contributed by atoms with E-state index in [4.69, 9.17) is 23.7 Å². The van der Waals surface area contributed by atoms with Crippen LogP contribution in [0.15, 0.2) is 23.8 Å². The van der Waals surface area contributed by atoms with E-state index in [0.717, 1.165) is 83.8 Å². The Kier molecular flexibility index (Phi) is 14.9. The zero-order valence-electron chi connectivity index (χ0n) is 23.5. The van der Waals surface area contributed by atoms with E-state index in [1.54, 1.807) is 0 Å². The smallest absolute Gasteiger partial charge is 0.305 e. The predicted molar refractivity (Wildman–Crippen MR) is 146 cm³/mol. The maximum absolute atomic E-state index is 11.4. The summed E-state index contributed by atoms with van der Waals surface area (Å²) in [6.45, 7) is 3.86. The Morgan fingerprint density at radius 3 is 2.46 bits per heavy atom. The minimum atomic E-state index is -0.108. The van der Waals surface area contributed by atoms with E-state index >= 15 is 0 Å². The minimum Gasteiger partial charge on any atom is -0.469 e. The first-order valence-corrected chi connectivity index (χ1v) is 15.2. The third-order valence-corrected chi connectivity index (χ3v) is 7.82. The van der Waals surface area contributed by atoms with Gasteiger partial charge in [-0.15, -0.1) is 0 Å². The molecule has 0 bridgehead atoms. The van der Waals surface area contributed by atoms with Crippen LogP contribution < -0.4 is 0 Å². The number of methoxy groups -OCH3 is 1. The number of hydrogen-bond acceptors (Lipinski definition) is 6. The summed E-state index contributed by atoms with van der Waals surface area (Å²) in [4.78, 5) is 11.4. The number of rotatable bonds is 17. The highest BCUT2D eigenvalue weighted by atomic mass is 16.7. The van der Waals surface area contributed by atoms with Gasteiger partial charge in [0.25, 0.3) is 0 Å². The Balaban J connectivity index is 1.57. The highest BCUT2D eigenvalue weighted by molar-refractivity contribution is 5.68. The molecule has 0 N–H and O–H groups in total. The molecule has 0 radical (unpaired) electrons. The second-order valence-corrected chi connectivity index (χ2v) is 10.9. The number of carbonyl (C=O) groups excluding carboxylic acids is 1. The molecule has 6 heteroatoms. The largest absolute Gasteiger partial charge is 0.469 e. The fourth-order valence-corrected chi connectivity index (χ4v) is 5.58. The monoisotopic (exact) mass is 520 g/mol. The molecule has 0 saturated carbocycles. The Morgan fingerprint density at radius 1 is 1.00 bits per heavy atom. The van der Waals surface area contributed by atoms with Gasteiger partial charge in [0.1, 0.15) is 0 Å². The van der Waals surface area contributed by atoms with Crippen molar-refractivity contribution in [2.45, 2.75) is 141 Å². The number of hydrogen-bond donors (Lipinski definition) is 0. The second kappa shape index (κ2) is 18.1. The van der Waals surface area contributed by atoms with Gasteiger partial charge in [-0.2, -0.15) is 0 Å². The van der Waals surface area contributed by atoms with Crippen LogP contribution in [0.4, 0.5) is 0 Å². The molecular weight excluding hydrogens is 468 g/mol. The van der Waals surface area contributed by atoms with E-state index in [-0.39, 0.29) is 36.7 Å². The first-order chi connectivity index (χ1) is 18.2. The van der Waals surface area contributed by atoms with Crippen LogP contribution in [0.5, 0.6) is 0 Å². The molecule has 0 aromatic rings. The molecule has 3 rings (SSSR count). The highest BCUT2D eigenvalue weighted by Crippen LogP contribution is 2.35. The van der Waals surface area contributed by atoms with E-state index in [1.165, 1.54) is 44.8 Å². The third kappa shape index (κ3) is 11.6. The SMILES string of the molecule is CCCCC[C@@H](C=C[C@@H]1C(CCCCCCC(=O)OC)=CC[C@H]1OC1CCCCO1)OC1CCCCO1. The normalized spacial score (nSPS) is 27.4. The minimum absolute atomic E-state index is 0.0729. The molecule has 2 unspecified atom stereocenters. The summed E-state index contributed by atoms with van der Waals surface area (Å²) < 4.78 is 29.5. The van der Waals surface area contributed by atoms with Crippen LogP contribution in [0.3, 0.4) is 0 Å². The molecule has 2 fully saturated rings. The quantitative estimate of drug-likeness (QED) is 0.113. The molecule has 2 saturated heterocycles.